The maximum Gasteiger partial charge on any atom is 0.414 e. The number of aromatic nitrogens is 3. The monoisotopic (exact) mass is 422 g/mol. The third-order valence-electron chi connectivity index (χ3n) is 4.83. The molecule has 0 radical (unpaired) electrons. The fourth-order valence-electron chi connectivity index (χ4n) is 3.25. The number of nitro groups is 1. The van der Waals surface area contributed by atoms with Crippen LogP contribution in [0.5, 0.6) is 0 Å². The first-order chi connectivity index (χ1) is 14.9. The van der Waals surface area contributed by atoms with Crippen molar-refractivity contribution in [2.75, 3.05) is 18.1 Å². The molecule has 0 unspecified atom stereocenters. The number of nitro benzene ring substituents is 1. The number of hydrogen-bond donors (Lipinski definition) is 1. The number of benzene rings is 2. The first-order valence-electron chi connectivity index (χ1n) is 9.42. The van der Waals surface area contributed by atoms with Gasteiger partial charge in [0.15, 0.2) is 5.69 Å². The number of non-ortho nitro benzene ring substituents is 1. The van der Waals surface area contributed by atoms with Gasteiger partial charge in [-0.15, -0.1) is 5.10 Å². The summed E-state index contributed by atoms with van der Waals surface area (Å²) in [6.45, 7) is 2.71. The molecule has 3 aromatic rings. The van der Waals surface area contributed by atoms with Crippen molar-refractivity contribution in [3.8, 4) is 5.69 Å². The van der Waals surface area contributed by atoms with Gasteiger partial charge in [0.25, 0.3) is 11.6 Å². The number of anilines is 1. The van der Waals surface area contributed by atoms with Crippen molar-refractivity contribution in [2.24, 2.45) is 0 Å². The molecular weight excluding hydrogens is 404 g/mol. The van der Waals surface area contributed by atoms with Gasteiger partial charge < -0.3 is 10.1 Å². The van der Waals surface area contributed by atoms with E-state index in [1.165, 1.54) is 27.8 Å². The second kappa shape index (κ2) is 8.22. The Kier molecular flexibility index (Phi) is 5.31. The number of rotatable bonds is 6. The average Bonchev–Trinajstić information content (AvgIpc) is 3.37. The molecule has 11 nitrogen and oxygen atoms in total. The molecule has 1 aromatic heterocycles. The van der Waals surface area contributed by atoms with Gasteiger partial charge in [0.2, 0.25) is 0 Å². The van der Waals surface area contributed by atoms with Gasteiger partial charge in [0.05, 0.1) is 22.8 Å². The van der Waals surface area contributed by atoms with Crippen LogP contribution in [0.3, 0.4) is 0 Å². The predicted octanol–water partition coefficient (Wildman–Crippen LogP) is 2.37. The number of hydrogen-bond acceptors (Lipinski definition) is 7. The second-order valence-corrected chi connectivity index (χ2v) is 6.83. The fraction of sp³-hybridized carbons (Fsp3) is 0.200. The number of carbonyl (C=O) groups excluding carboxylic acids is 2. The normalized spacial score (nSPS) is 13.2. The Morgan fingerprint density at radius 2 is 2.00 bits per heavy atom. The average molecular weight is 422 g/mol. The highest BCUT2D eigenvalue weighted by atomic mass is 16.6. The van der Waals surface area contributed by atoms with Crippen molar-refractivity contribution in [2.45, 2.75) is 13.5 Å². The Labute approximate surface area is 176 Å². The topological polar surface area (TPSA) is 132 Å². The zero-order valence-electron chi connectivity index (χ0n) is 16.5. The van der Waals surface area contributed by atoms with Crippen LogP contribution in [-0.4, -0.2) is 45.1 Å². The molecule has 11 heteroatoms. The molecule has 1 saturated heterocycles. The Morgan fingerprint density at radius 1 is 1.23 bits per heavy atom. The van der Waals surface area contributed by atoms with Crippen LogP contribution < -0.4 is 10.2 Å². The zero-order chi connectivity index (χ0) is 22.0. The molecule has 0 bridgehead atoms. The van der Waals surface area contributed by atoms with Crippen LogP contribution in [0.4, 0.5) is 16.2 Å². The van der Waals surface area contributed by atoms with Crippen molar-refractivity contribution in [1.29, 1.82) is 0 Å². The minimum atomic E-state index is -0.501. The first-order valence-corrected chi connectivity index (χ1v) is 9.42. The number of amides is 2. The van der Waals surface area contributed by atoms with Gasteiger partial charge in [-0.25, -0.2) is 9.48 Å². The van der Waals surface area contributed by atoms with Crippen LogP contribution in [0.1, 0.15) is 21.7 Å². The molecule has 1 aliphatic rings. The minimum Gasteiger partial charge on any atom is -0.447 e. The largest absolute Gasteiger partial charge is 0.447 e. The van der Waals surface area contributed by atoms with E-state index in [4.69, 9.17) is 4.74 Å². The molecule has 2 heterocycles. The maximum atomic E-state index is 12.6. The molecule has 0 spiro atoms. The van der Waals surface area contributed by atoms with E-state index in [-0.39, 0.29) is 17.9 Å². The summed E-state index contributed by atoms with van der Waals surface area (Å²) in [7, 11) is 0. The first kappa shape index (κ1) is 20.0. The molecular formula is C20H18N6O5. The summed E-state index contributed by atoms with van der Waals surface area (Å²) in [5.41, 5.74) is 2.41. The second-order valence-electron chi connectivity index (χ2n) is 6.83. The third-order valence-corrected chi connectivity index (χ3v) is 4.83. The lowest BCUT2D eigenvalue weighted by Crippen LogP contribution is -2.25. The van der Waals surface area contributed by atoms with Gasteiger partial charge in [-0.1, -0.05) is 23.4 Å². The Bertz CT molecular complexity index is 1170. The molecule has 2 amide bonds. The summed E-state index contributed by atoms with van der Waals surface area (Å²) in [6.07, 6.45) is -0.394. The highest BCUT2D eigenvalue weighted by Crippen LogP contribution is 2.21. The molecule has 1 aliphatic heterocycles. The van der Waals surface area contributed by atoms with E-state index in [0.29, 0.717) is 30.2 Å². The third kappa shape index (κ3) is 4.06. The molecule has 0 saturated carbocycles. The summed E-state index contributed by atoms with van der Waals surface area (Å²) < 4.78 is 6.33. The van der Waals surface area contributed by atoms with Crippen molar-refractivity contribution >= 4 is 23.4 Å². The van der Waals surface area contributed by atoms with Crippen molar-refractivity contribution in [3.05, 3.63) is 75.6 Å². The van der Waals surface area contributed by atoms with Crippen LogP contribution in [-0.2, 0) is 11.3 Å². The quantitative estimate of drug-likeness (QED) is 0.476. The molecule has 1 fully saturated rings. The lowest BCUT2D eigenvalue weighted by atomic mass is 10.2. The van der Waals surface area contributed by atoms with E-state index in [1.807, 2.05) is 6.07 Å². The molecule has 158 valence electrons. The Balaban J connectivity index is 1.47. The molecule has 2 aromatic carbocycles. The summed E-state index contributed by atoms with van der Waals surface area (Å²) in [5, 5.41) is 21.7. The van der Waals surface area contributed by atoms with E-state index in [1.54, 1.807) is 31.2 Å². The number of cyclic esters (lactones) is 1. The van der Waals surface area contributed by atoms with E-state index in [0.717, 1.165) is 5.56 Å². The molecule has 1 N–H and O–H groups in total. The van der Waals surface area contributed by atoms with E-state index in [2.05, 4.69) is 15.6 Å². The fourth-order valence-corrected chi connectivity index (χ4v) is 3.25. The van der Waals surface area contributed by atoms with E-state index in [9.17, 15) is 19.7 Å². The number of carbonyl (C=O) groups is 2. The van der Waals surface area contributed by atoms with Crippen LogP contribution in [0.2, 0.25) is 0 Å². The summed E-state index contributed by atoms with van der Waals surface area (Å²) in [5.74, 6) is -0.430. The van der Waals surface area contributed by atoms with E-state index >= 15 is 0 Å². The highest BCUT2D eigenvalue weighted by molar-refractivity contribution is 5.93. The Hall–Kier alpha value is -4.28. The Morgan fingerprint density at radius 3 is 2.74 bits per heavy atom. The predicted molar refractivity (Wildman–Crippen MR) is 109 cm³/mol. The van der Waals surface area contributed by atoms with Gasteiger partial charge in [0, 0.05) is 24.4 Å². The molecule has 4 rings (SSSR count). The summed E-state index contributed by atoms with van der Waals surface area (Å²) in [4.78, 5) is 36.4. The maximum absolute atomic E-state index is 12.6. The lowest BCUT2D eigenvalue weighted by Gasteiger charge is -2.14. The smallest absolute Gasteiger partial charge is 0.414 e. The zero-order valence-corrected chi connectivity index (χ0v) is 16.5. The van der Waals surface area contributed by atoms with Gasteiger partial charge >= 0.3 is 6.09 Å². The standard InChI is InChI=1S/C20H18N6O5/c1-13-18(22-23-25(13)16-6-3-7-17(11-16)26(29)30)19(27)21-12-14-4-2-5-15(10-14)24-8-9-31-20(24)28/h2-7,10-11H,8-9,12H2,1H3,(H,21,27). The van der Waals surface area contributed by atoms with Crippen molar-refractivity contribution in [1.82, 2.24) is 20.3 Å². The van der Waals surface area contributed by atoms with Gasteiger partial charge in [-0.2, -0.15) is 0 Å². The number of nitrogens with zero attached hydrogens (tertiary/aromatic N) is 5. The van der Waals surface area contributed by atoms with Crippen LogP contribution in [0.25, 0.3) is 5.69 Å². The van der Waals surface area contributed by atoms with E-state index < -0.39 is 16.9 Å². The van der Waals surface area contributed by atoms with Crippen molar-refractivity contribution in [3.63, 3.8) is 0 Å². The minimum absolute atomic E-state index is 0.0832. The lowest BCUT2D eigenvalue weighted by molar-refractivity contribution is -0.384. The summed E-state index contributed by atoms with van der Waals surface area (Å²) >= 11 is 0. The summed E-state index contributed by atoms with van der Waals surface area (Å²) in [6, 6.07) is 13.1. The molecule has 0 atom stereocenters. The van der Waals surface area contributed by atoms with Crippen LogP contribution >= 0.6 is 0 Å². The van der Waals surface area contributed by atoms with Crippen molar-refractivity contribution < 1.29 is 19.2 Å². The van der Waals surface area contributed by atoms with Gasteiger partial charge in [0.1, 0.15) is 6.61 Å². The SMILES string of the molecule is Cc1c(C(=O)NCc2cccc(N3CCOC3=O)c2)nnn1-c1cccc([N+](=O)[O-])c1. The van der Waals surface area contributed by atoms with Gasteiger partial charge in [-0.05, 0) is 30.7 Å². The number of nitrogens with one attached hydrogen (secondary N) is 1. The highest BCUT2D eigenvalue weighted by Gasteiger charge is 2.24. The van der Waals surface area contributed by atoms with Crippen LogP contribution in [0, 0.1) is 17.0 Å². The molecule has 0 aliphatic carbocycles. The van der Waals surface area contributed by atoms with Gasteiger partial charge in [-0.3, -0.25) is 19.8 Å². The number of ether oxygens (including phenoxy) is 1. The van der Waals surface area contributed by atoms with Crippen LogP contribution in [0.15, 0.2) is 48.5 Å². The molecule has 31 heavy (non-hydrogen) atoms.